The van der Waals surface area contributed by atoms with Crippen LogP contribution in [0.1, 0.15) is 44.9 Å². The SMILES string of the molecule is CCN1CCN(C(C)CNC(=NC)N(C)Cc2cn(C)nc2C(C)C)CC1.I. The fraction of sp³-hybridized carbons (Fsp3) is 0.800. The summed E-state index contributed by atoms with van der Waals surface area (Å²) in [4.78, 5) is 11.8. The highest BCUT2D eigenvalue weighted by Gasteiger charge is 2.21. The molecule has 1 aliphatic rings. The van der Waals surface area contributed by atoms with Gasteiger partial charge in [-0.1, -0.05) is 20.8 Å². The number of piperazine rings is 1. The van der Waals surface area contributed by atoms with Crippen molar-refractivity contribution in [3.8, 4) is 0 Å². The Balaban J connectivity index is 0.00000392. The first-order valence-electron chi connectivity index (χ1n) is 10.3. The highest BCUT2D eigenvalue weighted by molar-refractivity contribution is 14.0. The van der Waals surface area contributed by atoms with Gasteiger partial charge >= 0.3 is 0 Å². The number of halogens is 1. The molecule has 1 aromatic rings. The monoisotopic (exact) mass is 505 g/mol. The van der Waals surface area contributed by atoms with Crippen molar-refractivity contribution in [2.45, 2.75) is 46.2 Å². The number of aliphatic imine (C=N–C) groups is 1. The van der Waals surface area contributed by atoms with Gasteiger partial charge in [-0.15, -0.1) is 24.0 Å². The van der Waals surface area contributed by atoms with Gasteiger partial charge in [0.2, 0.25) is 0 Å². The average molecular weight is 505 g/mol. The molecule has 0 saturated carbocycles. The number of hydrogen-bond acceptors (Lipinski definition) is 4. The lowest BCUT2D eigenvalue weighted by atomic mass is 10.1. The van der Waals surface area contributed by atoms with E-state index in [9.17, 15) is 0 Å². The molecule has 1 N–H and O–H groups in total. The molecular weight excluding hydrogens is 465 g/mol. The highest BCUT2D eigenvalue weighted by Crippen LogP contribution is 2.18. The van der Waals surface area contributed by atoms with Crippen LogP contribution in [-0.4, -0.2) is 89.8 Å². The van der Waals surface area contributed by atoms with Crippen LogP contribution in [0.2, 0.25) is 0 Å². The summed E-state index contributed by atoms with van der Waals surface area (Å²) < 4.78 is 1.91. The van der Waals surface area contributed by atoms with E-state index in [-0.39, 0.29) is 24.0 Å². The number of guanidine groups is 1. The molecule has 1 aromatic heterocycles. The van der Waals surface area contributed by atoms with E-state index < -0.39 is 0 Å². The number of likely N-dealkylation sites (N-methyl/N-ethyl adjacent to an activating group) is 1. The molecule has 0 aliphatic carbocycles. The first kappa shape index (κ1) is 25.2. The largest absolute Gasteiger partial charge is 0.355 e. The van der Waals surface area contributed by atoms with Crippen LogP contribution in [0.25, 0.3) is 0 Å². The fourth-order valence-electron chi connectivity index (χ4n) is 3.77. The average Bonchev–Trinajstić information content (AvgIpc) is 3.02. The number of nitrogens with one attached hydrogen (secondary N) is 1. The predicted molar refractivity (Wildman–Crippen MR) is 129 cm³/mol. The summed E-state index contributed by atoms with van der Waals surface area (Å²) in [5.74, 6) is 1.36. The van der Waals surface area contributed by atoms with E-state index in [4.69, 9.17) is 0 Å². The molecule has 7 nitrogen and oxygen atoms in total. The Labute approximate surface area is 188 Å². The maximum Gasteiger partial charge on any atom is 0.193 e. The van der Waals surface area contributed by atoms with Gasteiger partial charge in [-0.2, -0.15) is 5.10 Å². The smallest absolute Gasteiger partial charge is 0.193 e. The van der Waals surface area contributed by atoms with Gasteiger partial charge in [-0.25, -0.2) is 0 Å². The van der Waals surface area contributed by atoms with E-state index in [1.165, 1.54) is 24.3 Å². The second-order valence-corrected chi connectivity index (χ2v) is 7.97. The molecule has 1 fully saturated rings. The summed E-state index contributed by atoms with van der Waals surface area (Å²) in [5.41, 5.74) is 2.43. The highest BCUT2D eigenvalue weighted by atomic mass is 127. The maximum absolute atomic E-state index is 4.62. The lowest BCUT2D eigenvalue weighted by Crippen LogP contribution is -2.53. The molecule has 2 heterocycles. The maximum atomic E-state index is 4.62. The summed E-state index contributed by atoms with van der Waals surface area (Å²) in [7, 11) is 5.94. The lowest BCUT2D eigenvalue weighted by Gasteiger charge is -2.38. The third kappa shape index (κ3) is 6.88. The van der Waals surface area contributed by atoms with E-state index in [2.05, 4.69) is 71.0 Å². The van der Waals surface area contributed by atoms with Crippen LogP contribution >= 0.6 is 24.0 Å². The second-order valence-electron chi connectivity index (χ2n) is 7.97. The normalized spacial score (nSPS) is 17.5. The molecule has 0 aromatic carbocycles. The molecule has 1 unspecified atom stereocenters. The lowest BCUT2D eigenvalue weighted by molar-refractivity contribution is 0.107. The van der Waals surface area contributed by atoms with Crippen molar-refractivity contribution in [3.63, 3.8) is 0 Å². The Bertz CT molecular complexity index is 606. The topological polar surface area (TPSA) is 51.9 Å². The number of aromatic nitrogens is 2. The van der Waals surface area contributed by atoms with Gasteiger partial charge in [0.05, 0.1) is 5.69 Å². The molecule has 0 spiro atoms. The van der Waals surface area contributed by atoms with Gasteiger partial charge in [0, 0.05) is 78.2 Å². The zero-order valence-electron chi connectivity index (χ0n) is 18.8. The zero-order chi connectivity index (χ0) is 20.0. The van der Waals surface area contributed by atoms with Gasteiger partial charge in [0.25, 0.3) is 0 Å². The molecule has 0 bridgehead atoms. The van der Waals surface area contributed by atoms with E-state index in [1.54, 1.807) is 0 Å². The second kappa shape index (κ2) is 12.0. The molecule has 162 valence electrons. The molecule has 8 heteroatoms. The fourth-order valence-corrected chi connectivity index (χ4v) is 3.77. The van der Waals surface area contributed by atoms with E-state index in [1.807, 2.05) is 18.8 Å². The van der Waals surface area contributed by atoms with Gasteiger partial charge in [0.15, 0.2) is 5.96 Å². The summed E-state index contributed by atoms with van der Waals surface area (Å²) in [6, 6.07) is 0.499. The van der Waals surface area contributed by atoms with E-state index in [0.29, 0.717) is 12.0 Å². The molecule has 2 rings (SSSR count). The third-order valence-electron chi connectivity index (χ3n) is 5.50. The van der Waals surface area contributed by atoms with Crippen LogP contribution < -0.4 is 5.32 Å². The first-order chi connectivity index (χ1) is 12.8. The van der Waals surface area contributed by atoms with Gasteiger partial charge in [-0.05, 0) is 19.4 Å². The standard InChI is InChI=1S/C20H39N7.HI/c1-8-26-9-11-27(12-10-26)17(4)13-22-20(21-5)24(6)14-18-15-25(7)23-19(18)16(2)3;/h15-17H,8-14H2,1-7H3,(H,21,22);1H. The Morgan fingerprint density at radius 3 is 2.43 bits per heavy atom. The summed E-state index contributed by atoms with van der Waals surface area (Å²) in [6.45, 7) is 16.5. The minimum absolute atomic E-state index is 0. The Hall–Kier alpha value is -0.870. The van der Waals surface area contributed by atoms with Crippen LogP contribution in [0.3, 0.4) is 0 Å². The summed E-state index contributed by atoms with van der Waals surface area (Å²) in [6.07, 6.45) is 2.12. The number of aryl methyl sites for hydroxylation is 1. The first-order valence-corrected chi connectivity index (χ1v) is 10.3. The van der Waals surface area contributed by atoms with Crippen LogP contribution in [0.5, 0.6) is 0 Å². The van der Waals surface area contributed by atoms with E-state index in [0.717, 1.165) is 38.7 Å². The van der Waals surface area contributed by atoms with Crippen molar-refractivity contribution in [2.24, 2.45) is 12.0 Å². The van der Waals surface area contributed by atoms with Crippen LogP contribution in [0.15, 0.2) is 11.2 Å². The molecule has 28 heavy (non-hydrogen) atoms. The minimum Gasteiger partial charge on any atom is -0.355 e. The molecular formula is C20H40IN7. The van der Waals surface area contributed by atoms with Crippen molar-refractivity contribution in [2.75, 3.05) is 53.4 Å². The number of hydrogen-bond donors (Lipinski definition) is 1. The van der Waals surface area contributed by atoms with Gasteiger partial charge < -0.3 is 15.1 Å². The Morgan fingerprint density at radius 1 is 1.25 bits per heavy atom. The van der Waals surface area contributed by atoms with Gasteiger partial charge in [-0.3, -0.25) is 14.6 Å². The van der Waals surface area contributed by atoms with Crippen molar-refractivity contribution in [3.05, 3.63) is 17.5 Å². The Kier molecular flexibility index (Phi) is 10.8. The summed E-state index contributed by atoms with van der Waals surface area (Å²) in [5, 5.41) is 8.18. The van der Waals surface area contributed by atoms with Crippen molar-refractivity contribution in [1.82, 2.24) is 29.8 Å². The van der Waals surface area contributed by atoms with Crippen LogP contribution in [0.4, 0.5) is 0 Å². The van der Waals surface area contributed by atoms with Crippen LogP contribution in [-0.2, 0) is 13.6 Å². The zero-order valence-corrected chi connectivity index (χ0v) is 21.1. The minimum atomic E-state index is 0. The Morgan fingerprint density at radius 2 is 1.89 bits per heavy atom. The van der Waals surface area contributed by atoms with Crippen molar-refractivity contribution in [1.29, 1.82) is 0 Å². The third-order valence-corrected chi connectivity index (χ3v) is 5.50. The van der Waals surface area contributed by atoms with Gasteiger partial charge in [0.1, 0.15) is 0 Å². The quantitative estimate of drug-likeness (QED) is 0.350. The van der Waals surface area contributed by atoms with Crippen molar-refractivity contribution >= 4 is 29.9 Å². The molecule has 1 atom stereocenters. The molecule has 1 aliphatic heterocycles. The number of nitrogens with zero attached hydrogens (tertiary/aromatic N) is 6. The summed E-state index contributed by atoms with van der Waals surface area (Å²) >= 11 is 0. The van der Waals surface area contributed by atoms with Crippen molar-refractivity contribution < 1.29 is 0 Å². The molecule has 0 radical (unpaired) electrons. The predicted octanol–water partition coefficient (Wildman–Crippen LogP) is 2.19. The molecule has 0 amide bonds. The molecule has 1 saturated heterocycles. The van der Waals surface area contributed by atoms with Crippen LogP contribution in [0, 0.1) is 0 Å². The number of rotatable bonds is 7. The van der Waals surface area contributed by atoms with E-state index >= 15 is 0 Å².